The number of non-ortho nitro benzene ring substituents is 1. The highest BCUT2D eigenvalue weighted by atomic mass is 16.6. The number of nitrogens with zero attached hydrogens (tertiary/aromatic N) is 2. The number of carbonyl (C=O) groups excluding carboxylic acids is 1. The quantitative estimate of drug-likeness (QED) is 0.522. The summed E-state index contributed by atoms with van der Waals surface area (Å²) in [5.74, 6) is 1.80. The van der Waals surface area contributed by atoms with Crippen molar-refractivity contribution < 1.29 is 23.9 Å². The number of nitro groups is 1. The molecule has 2 aromatic carbocycles. The number of amides is 1. The molecular weight excluding hydrogens is 376 g/mol. The summed E-state index contributed by atoms with van der Waals surface area (Å²) in [7, 11) is 3.17. The number of benzene rings is 2. The lowest BCUT2D eigenvalue weighted by atomic mass is 9.92. The molecule has 1 heterocycles. The molecule has 1 aliphatic heterocycles. The second kappa shape index (κ2) is 8.81. The fourth-order valence-corrected chi connectivity index (χ4v) is 3.55. The molecule has 29 heavy (non-hydrogen) atoms. The molecule has 1 atom stereocenters. The largest absolute Gasteiger partial charge is 0.493 e. The number of ether oxygens (including phenoxy) is 3. The van der Waals surface area contributed by atoms with Crippen LogP contribution in [0.5, 0.6) is 17.2 Å². The van der Waals surface area contributed by atoms with Gasteiger partial charge in [0.1, 0.15) is 12.4 Å². The van der Waals surface area contributed by atoms with Crippen LogP contribution in [0.4, 0.5) is 5.69 Å². The maximum Gasteiger partial charge on any atom is 0.269 e. The molecule has 8 nitrogen and oxygen atoms in total. The molecule has 3 rings (SSSR count). The number of fused-ring (bicyclic) bond motifs is 1. The first kappa shape index (κ1) is 20.4. The van der Waals surface area contributed by atoms with Crippen molar-refractivity contribution in [2.24, 2.45) is 0 Å². The Labute approximate surface area is 169 Å². The van der Waals surface area contributed by atoms with E-state index in [2.05, 4.69) is 0 Å². The third kappa shape index (κ3) is 4.26. The van der Waals surface area contributed by atoms with Gasteiger partial charge in [0.25, 0.3) is 5.69 Å². The third-order valence-electron chi connectivity index (χ3n) is 5.08. The van der Waals surface area contributed by atoms with Crippen LogP contribution in [0.1, 0.15) is 30.5 Å². The number of carbonyl (C=O) groups is 1. The first-order valence-corrected chi connectivity index (χ1v) is 9.40. The average Bonchev–Trinajstić information content (AvgIpc) is 2.75. The van der Waals surface area contributed by atoms with E-state index in [4.69, 9.17) is 14.2 Å². The molecule has 0 bridgehead atoms. The maximum absolute atomic E-state index is 12.5. The smallest absolute Gasteiger partial charge is 0.269 e. The van der Waals surface area contributed by atoms with E-state index < -0.39 is 4.92 Å². The Bertz CT molecular complexity index is 897. The lowest BCUT2D eigenvalue weighted by Gasteiger charge is -2.37. The van der Waals surface area contributed by atoms with Gasteiger partial charge >= 0.3 is 0 Å². The monoisotopic (exact) mass is 400 g/mol. The Hall–Kier alpha value is -3.29. The van der Waals surface area contributed by atoms with Crippen molar-refractivity contribution in [3.8, 4) is 17.2 Å². The van der Waals surface area contributed by atoms with Gasteiger partial charge < -0.3 is 19.1 Å². The van der Waals surface area contributed by atoms with Crippen LogP contribution in [0.15, 0.2) is 36.4 Å². The molecule has 1 amide bonds. The van der Waals surface area contributed by atoms with Crippen molar-refractivity contribution in [1.82, 2.24) is 4.90 Å². The Kier molecular flexibility index (Phi) is 6.21. The molecule has 0 aromatic heterocycles. The van der Waals surface area contributed by atoms with Crippen LogP contribution in [-0.4, -0.2) is 43.1 Å². The van der Waals surface area contributed by atoms with E-state index in [9.17, 15) is 14.9 Å². The van der Waals surface area contributed by atoms with E-state index in [1.54, 1.807) is 26.4 Å². The molecule has 0 N–H and O–H groups in total. The highest BCUT2D eigenvalue weighted by Crippen LogP contribution is 2.38. The van der Waals surface area contributed by atoms with Gasteiger partial charge in [0, 0.05) is 25.1 Å². The SMILES string of the molecule is CCC(=O)N1CCc2cc(OC)c(OC)cc2[C@@H]1COc1ccc([N+](=O)[O-])cc1. The van der Waals surface area contributed by atoms with Crippen molar-refractivity contribution in [3.05, 3.63) is 57.6 Å². The molecule has 2 aromatic rings. The van der Waals surface area contributed by atoms with E-state index in [1.807, 2.05) is 24.0 Å². The number of rotatable bonds is 7. The Morgan fingerprint density at radius 1 is 1.17 bits per heavy atom. The Balaban J connectivity index is 1.90. The van der Waals surface area contributed by atoms with Crippen LogP contribution in [0.3, 0.4) is 0 Å². The summed E-state index contributed by atoms with van der Waals surface area (Å²) in [4.78, 5) is 24.7. The Morgan fingerprint density at radius 3 is 2.41 bits per heavy atom. The van der Waals surface area contributed by atoms with Crippen LogP contribution >= 0.6 is 0 Å². The summed E-state index contributed by atoms with van der Waals surface area (Å²) in [5.41, 5.74) is 2.04. The fourth-order valence-electron chi connectivity index (χ4n) is 3.55. The van der Waals surface area contributed by atoms with Gasteiger partial charge in [-0.3, -0.25) is 14.9 Å². The molecule has 0 radical (unpaired) electrons. The van der Waals surface area contributed by atoms with Crippen LogP contribution in [0.2, 0.25) is 0 Å². The molecule has 8 heteroatoms. The number of nitro benzene ring substituents is 1. The van der Waals surface area contributed by atoms with Gasteiger partial charge in [-0.2, -0.15) is 0 Å². The molecule has 1 aliphatic rings. The van der Waals surface area contributed by atoms with Crippen LogP contribution < -0.4 is 14.2 Å². The highest BCUT2D eigenvalue weighted by molar-refractivity contribution is 5.77. The average molecular weight is 400 g/mol. The van der Waals surface area contributed by atoms with Gasteiger partial charge in [-0.15, -0.1) is 0 Å². The van der Waals surface area contributed by atoms with E-state index in [-0.39, 0.29) is 24.2 Å². The molecule has 0 unspecified atom stereocenters. The molecule has 0 saturated carbocycles. The van der Waals surface area contributed by atoms with Gasteiger partial charge in [0.2, 0.25) is 5.91 Å². The predicted molar refractivity (Wildman–Crippen MR) is 107 cm³/mol. The third-order valence-corrected chi connectivity index (χ3v) is 5.08. The number of hydrogen-bond acceptors (Lipinski definition) is 6. The topological polar surface area (TPSA) is 91.1 Å². The minimum atomic E-state index is -0.456. The van der Waals surface area contributed by atoms with E-state index in [0.717, 1.165) is 17.5 Å². The normalized spacial score (nSPS) is 15.4. The van der Waals surface area contributed by atoms with Crippen LogP contribution in [-0.2, 0) is 11.2 Å². The van der Waals surface area contributed by atoms with Crippen molar-refractivity contribution in [2.75, 3.05) is 27.4 Å². The van der Waals surface area contributed by atoms with Crippen molar-refractivity contribution in [2.45, 2.75) is 25.8 Å². The molecule has 0 spiro atoms. The van der Waals surface area contributed by atoms with Crippen molar-refractivity contribution in [3.63, 3.8) is 0 Å². The molecule has 0 saturated heterocycles. The molecule has 0 aliphatic carbocycles. The van der Waals surface area contributed by atoms with Gasteiger partial charge in [-0.1, -0.05) is 6.92 Å². The van der Waals surface area contributed by atoms with Gasteiger partial charge in [-0.25, -0.2) is 0 Å². The second-order valence-corrected chi connectivity index (χ2v) is 6.67. The maximum atomic E-state index is 12.5. The zero-order chi connectivity index (χ0) is 21.0. The first-order valence-electron chi connectivity index (χ1n) is 9.40. The minimum absolute atomic E-state index is 0.0000179. The van der Waals surface area contributed by atoms with Crippen LogP contribution in [0, 0.1) is 10.1 Å². The number of hydrogen-bond donors (Lipinski definition) is 0. The van der Waals surface area contributed by atoms with Gasteiger partial charge in [0.15, 0.2) is 11.5 Å². The van der Waals surface area contributed by atoms with E-state index in [0.29, 0.717) is 30.2 Å². The van der Waals surface area contributed by atoms with Gasteiger partial charge in [0.05, 0.1) is 25.2 Å². The first-order chi connectivity index (χ1) is 14.0. The van der Waals surface area contributed by atoms with Crippen molar-refractivity contribution in [1.29, 1.82) is 0 Å². The van der Waals surface area contributed by atoms with Crippen molar-refractivity contribution >= 4 is 11.6 Å². The Morgan fingerprint density at radius 2 is 1.83 bits per heavy atom. The molecule has 0 fully saturated rings. The zero-order valence-corrected chi connectivity index (χ0v) is 16.7. The minimum Gasteiger partial charge on any atom is -0.493 e. The summed E-state index contributed by atoms with van der Waals surface area (Å²) in [5, 5.41) is 10.8. The summed E-state index contributed by atoms with van der Waals surface area (Å²) in [6, 6.07) is 9.46. The van der Waals surface area contributed by atoms with Gasteiger partial charge in [-0.05, 0) is 41.8 Å². The summed E-state index contributed by atoms with van der Waals surface area (Å²) in [6.07, 6.45) is 1.12. The predicted octanol–water partition coefficient (Wildman–Crippen LogP) is 3.53. The standard InChI is InChI=1S/C21H24N2O6/c1-4-21(24)22-10-9-14-11-19(27-2)20(28-3)12-17(14)18(22)13-29-16-7-5-15(6-8-16)23(25)26/h5-8,11-12,18H,4,9-10,13H2,1-3H3/t18-/m0/s1. The lowest BCUT2D eigenvalue weighted by Crippen LogP contribution is -2.42. The van der Waals surface area contributed by atoms with E-state index in [1.165, 1.54) is 12.1 Å². The zero-order valence-electron chi connectivity index (χ0n) is 16.7. The van der Waals surface area contributed by atoms with Crippen LogP contribution in [0.25, 0.3) is 0 Å². The fraction of sp³-hybridized carbons (Fsp3) is 0.381. The highest BCUT2D eigenvalue weighted by Gasteiger charge is 2.32. The molecule has 154 valence electrons. The number of methoxy groups -OCH3 is 2. The summed E-state index contributed by atoms with van der Waals surface area (Å²) >= 11 is 0. The summed E-state index contributed by atoms with van der Waals surface area (Å²) in [6.45, 7) is 2.65. The second-order valence-electron chi connectivity index (χ2n) is 6.67. The summed E-state index contributed by atoms with van der Waals surface area (Å²) < 4.78 is 16.7. The molecular formula is C21H24N2O6. The lowest BCUT2D eigenvalue weighted by molar-refractivity contribution is -0.384. The van der Waals surface area contributed by atoms with E-state index >= 15 is 0 Å².